The highest BCUT2D eigenvalue weighted by molar-refractivity contribution is 5.79. The fourth-order valence-corrected chi connectivity index (χ4v) is 1.29. The molecule has 1 aromatic rings. The van der Waals surface area contributed by atoms with Gasteiger partial charge < -0.3 is 10.4 Å². The van der Waals surface area contributed by atoms with Crippen LogP contribution in [0.25, 0.3) is 0 Å². The predicted molar refractivity (Wildman–Crippen MR) is 58.7 cm³/mol. The van der Waals surface area contributed by atoms with Crippen LogP contribution in [0.3, 0.4) is 0 Å². The molecule has 16 heavy (non-hydrogen) atoms. The average Bonchev–Trinajstić information content (AvgIpc) is 2.76. The first kappa shape index (κ1) is 12.6. The van der Waals surface area contributed by atoms with Gasteiger partial charge in [-0.25, -0.2) is 9.67 Å². The van der Waals surface area contributed by atoms with E-state index in [1.165, 1.54) is 17.3 Å². The van der Waals surface area contributed by atoms with Crippen LogP contribution < -0.4 is 5.32 Å². The molecule has 0 aliphatic rings. The highest BCUT2D eigenvalue weighted by Crippen LogP contribution is 2.02. The Labute approximate surface area is 94.7 Å². The molecule has 2 atom stereocenters. The molecule has 1 amide bonds. The third-order valence-electron chi connectivity index (χ3n) is 2.31. The number of aromatic nitrogens is 3. The minimum atomic E-state index is -0.353. The molecule has 0 aliphatic heterocycles. The van der Waals surface area contributed by atoms with Gasteiger partial charge >= 0.3 is 0 Å². The Morgan fingerprint density at radius 3 is 2.88 bits per heavy atom. The first-order valence-electron chi connectivity index (χ1n) is 5.41. The van der Waals surface area contributed by atoms with E-state index in [-0.39, 0.29) is 18.1 Å². The Bertz CT molecular complexity index is 311. The smallest absolute Gasteiger partial charge is 0.244 e. The molecule has 0 radical (unpaired) electrons. The largest absolute Gasteiger partial charge is 0.393 e. The van der Waals surface area contributed by atoms with Gasteiger partial charge in [0.15, 0.2) is 0 Å². The molecule has 1 heterocycles. The quantitative estimate of drug-likeness (QED) is 0.675. The summed E-state index contributed by atoms with van der Waals surface area (Å²) in [6.07, 6.45) is 4.06. The summed E-state index contributed by atoms with van der Waals surface area (Å²) >= 11 is 0. The molecule has 0 saturated carbocycles. The zero-order valence-electron chi connectivity index (χ0n) is 9.63. The maximum Gasteiger partial charge on any atom is 0.244 e. The monoisotopic (exact) mass is 226 g/mol. The van der Waals surface area contributed by atoms with Gasteiger partial charge in [-0.05, 0) is 26.7 Å². The molecule has 2 unspecified atom stereocenters. The Kier molecular flexibility index (Phi) is 4.91. The van der Waals surface area contributed by atoms with E-state index >= 15 is 0 Å². The van der Waals surface area contributed by atoms with Gasteiger partial charge in [0.1, 0.15) is 18.7 Å². The SMILES string of the molecule is CC(O)CCCNC(=O)C(C)n1cncn1. The number of nitrogens with zero attached hydrogens (tertiary/aromatic N) is 3. The van der Waals surface area contributed by atoms with E-state index in [4.69, 9.17) is 5.11 Å². The van der Waals surface area contributed by atoms with Gasteiger partial charge in [0.05, 0.1) is 6.10 Å². The van der Waals surface area contributed by atoms with Crippen LogP contribution in [0.15, 0.2) is 12.7 Å². The Hall–Kier alpha value is -1.43. The summed E-state index contributed by atoms with van der Waals surface area (Å²) in [4.78, 5) is 15.4. The van der Waals surface area contributed by atoms with Crippen LogP contribution >= 0.6 is 0 Å². The lowest BCUT2D eigenvalue weighted by atomic mass is 10.2. The lowest BCUT2D eigenvalue weighted by molar-refractivity contribution is -0.124. The Morgan fingerprint density at radius 2 is 2.31 bits per heavy atom. The van der Waals surface area contributed by atoms with Crippen LogP contribution in [0.5, 0.6) is 0 Å². The molecule has 0 saturated heterocycles. The number of rotatable bonds is 6. The first-order chi connectivity index (χ1) is 7.61. The Morgan fingerprint density at radius 1 is 1.56 bits per heavy atom. The summed E-state index contributed by atoms with van der Waals surface area (Å²) < 4.78 is 1.50. The van der Waals surface area contributed by atoms with Crippen LogP contribution in [-0.2, 0) is 4.79 Å². The van der Waals surface area contributed by atoms with E-state index in [0.29, 0.717) is 13.0 Å². The molecule has 90 valence electrons. The van der Waals surface area contributed by atoms with Crippen molar-refractivity contribution in [2.75, 3.05) is 6.54 Å². The van der Waals surface area contributed by atoms with Gasteiger partial charge in [-0.15, -0.1) is 0 Å². The van der Waals surface area contributed by atoms with Crippen molar-refractivity contribution in [3.8, 4) is 0 Å². The predicted octanol–water partition coefficient (Wildman–Crippen LogP) is 0.116. The topological polar surface area (TPSA) is 80.0 Å². The fourth-order valence-electron chi connectivity index (χ4n) is 1.29. The van der Waals surface area contributed by atoms with E-state index in [1.807, 2.05) is 0 Å². The number of carbonyl (C=O) groups excluding carboxylic acids is 1. The minimum absolute atomic E-state index is 0.0870. The highest BCUT2D eigenvalue weighted by Gasteiger charge is 2.14. The maximum absolute atomic E-state index is 11.6. The number of nitrogens with one attached hydrogen (secondary N) is 1. The molecule has 1 rings (SSSR count). The zero-order chi connectivity index (χ0) is 12.0. The van der Waals surface area contributed by atoms with E-state index in [0.717, 1.165) is 6.42 Å². The van der Waals surface area contributed by atoms with Gasteiger partial charge in [0.2, 0.25) is 5.91 Å². The summed E-state index contributed by atoms with van der Waals surface area (Å²) in [6, 6.07) is -0.353. The van der Waals surface area contributed by atoms with Gasteiger partial charge in [-0.3, -0.25) is 4.79 Å². The molecule has 0 bridgehead atoms. The van der Waals surface area contributed by atoms with Crippen LogP contribution in [0.2, 0.25) is 0 Å². The van der Waals surface area contributed by atoms with Crippen molar-refractivity contribution in [3.05, 3.63) is 12.7 Å². The fraction of sp³-hybridized carbons (Fsp3) is 0.700. The second-order valence-corrected chi connectivity index (χ2v) is 3.83. The lowest BCUT2D eigenvalue weighted by Crippen LogP contribution is -2.32. The molecular weight excluding hydrogens is 208 g/mol. The van der Waals surface area contributed by atoms with E-state index in [2.05, 4.69) is 15.4 Å². The molecule has 2 N–H and O–H groups in total. The Balaban J connectivity index is 2.25. The van der Waals surface area contributed by atoms with Crippen molar-refractivity contribution < 1.29 is 9.90 Å². The number of carbonyl (C=O) groups is 1. The molecule has 6 heteroatoms. The number of aliphatic hydroxyl groups is 1. The van der Waals surface area contributed by atoms with Crippen molar-refractivity contribution in [3.63, 3.8) is 0 Å². The van der Waals surface area contributed by atoms with Crippen molar-refractivity contribution in [1.29, 1.82) is 0 Å². The van der Waals surface area contributed by atoms with E-state index < -0.39 is 0 Å². The molecule has 6 nitrogen and oxygen atoms in total. The van der Waals surface area contributed by atoms with Crippen LogP contribution in [0.1, 0.15) is 32.7 Å². The van der Waals surface area contributed by atoms with Gasteiger partial charge in [-0.2, -0.15) is 5.10 Å². The molecular formula is C10H18N4O2. The number of hydrogen-bond acceptors (Lipinski definition) is 4. The van der Waals surface area contributed by atoms with Crippen LogP contribution in [0, 0.1) is 0 Å². The van der Waals surface area contributed by atoms with Crippen LogP contribution in [0.4, 0.5) is 0 Å². The summed E-state index contributed by atoms with van der Waals surface area (Å²) in [6.45, 7) is 4.07. The van der Waals surface area contributed by atoms with Crippen molar-refractivity contribution >= 4 is 5.91 Å². The third-order valence-corrected chi connectivity index (χ3v) is 2.31. The lowest BCUT2D eigenvalue weighted by Gasteiger charge is -2.12. The van der Waals surface area contributed by atoms with Gasteiger partial charge in [0, 0.05) is 6.54 Å². The van der Waals surface area contributed by atoms with Crippen molar-refractivity contribution in [2.45, 2.75) is 38.8 Å². The van der Waals surface area contributed by atoms with Gasteiger partial charge in [-0.1, -0.05) is 0 Å². The average molecular weight is 226 g/mol. The number of amides is 1. The van der Waals surface area contributed by atoms with E-state index in [1.54, 1.807) is 13.8 Å². The maximum atomic E-state index is 11.6. The van der Waals surface area contributed by atoms with Crippen LogP contribution in [-0.4, -0.2) is 38.4 Å². The number of hydrogen-bond donors (Lipinski definition) is 2. The normalized spacial score (nSPS) is 14.4. The number of aliphatic hydroxyl groups excluding tert-OH is 1. The minimum Gasteiger partial charge on any atom is -0.393 e. The van der Waals surface area contributed by atoms with E-state index in [9.17, 15) is 4.79 Å². The first-order valence-corrected chi connectivity index (χ1v) is 5.41. The summed E-state index contributed by atoms with van der Waals surface area (Å²) in [5.74, 6) is -0.0870. The molecule has 0 aliphatic carbocycles. The van der Waals surface area contributed by atoms with Crippen molar-refractivity contribution in [2.24, 2.45) is 0 Å². The molecule has 0 spiro atoms. The standard InChI is InChI=1S/C10H18N4O2/c1-8(15)4-3-5-12-10(16)9(2)14-7-11-6-13-14/h6-9,15H,3-5H2,1-2H3,(H,12,16). The second-order valence-electron chi connectivity index (χ2n) is 3.83. The highest BCUT2D eigenvalue weighted by atomic mass is 16.3. The molecule has 1 aromatic heterocycles. The molecule has 0 fully saturated rings. The summed E-state index contributed by atoms with van der Waals surface area (Å²) in [5, 5.41) is 15.7. The summed E-state index contributed by atoms with van der Waals surface area (Å²) in [5.41, 5.74) is 0. The third kappa shape index (κ3) is 3.98. The zero-order valence-corrected chi connectivity index (χ0v) is 9.63. The summed E-state index contributed by atoms with van der Waals surface area (Å²) in [7, 11) is 0. The van der Waals surface area contributed by atoms with Gasteiger partial charge in [0.25, 0.3) is 0 Å². The second kappa shape index (κ2) is 6.22. The van der Waals surface area contributed by atoms with Crippen molar-refractivity contribution in [1.82, 2.24) is 20.1 Å². The molecule has 0 aromatic carbocycles.